The summed E-state index contributed by atoms with van der Waals surface area (Å²) in [6, 6.07) is 0. The summed E-state index contributed by atoms with van der Waals surface area (Å²) in [5.41, 5.74) is 0. The second-order valence-corrected chi connectivity index (χ2v) is 3.90. The molecule has 0 aromatic heterocycles. The quantitative estimate of drug-likeness (QED) is 0.558. The Balaban J connectivity index is -0.000000240. The van der Waals surface area contributed by atoms with Crippen molar-refractivity contribution in [3.63, 3.8) is 0 Å². The molecule has 0 bridgehead atoms. The molecule has 4 heteroatoms. The molecule has 0 spiro atoms. The van der Waals surface area contributed by atoms with E-state index in [1.165, 1.54) is 58.2 Å². The van der Waals surface area contributed by atoms with E-state index >= 15 is 0 Å². The number of nitrogens with zero attached hydrogens (tertiary/aromatic N) is 1. The van der Waals surface area contributed by atoms with Crippen molar-refractivity contribution in [2.45, 2.75) is 59.3 Å². The molecule has 0 saturated heterocycles. The molecule has 0 amide bonds. The lowest BCUT2D eigenvalue weighted by Crippen LogP contribution is -2.27. The first kappa shape index (κ1) is 24.9. The molecule has 9 N–H and O–H groups in total. The monoisotopic (exact) mass is 236 g/mol. The minimum absolute atomic E-state index is 0. The topological polar surface area (TPSA) is 108 Å². The fourth-order valence-corrected chi connectivity index (χ4v) is 1.48. The average Bonchev–Trinajstić information content (AvgIpc) is 2.17. The van der Waals surface area contributed by atoms with E-state index in [1.807, 2.05) is 0 Å². The maximum absolute atomic E-state index is 2.64. The van der Waals surface area contributed by atoms with Gasteiger partial charge in [-0.2, -0.15) is 0 Å². The minimum Gasteiger partial charge on any atom is -0.344 e. The van der Waals surface area contributed by atoms with Crippen LogP contribution in [-0.4, -0.2) is 24.5 Å². The molecule has 0 fully saturated rings. The van der Waals surface area contributed by atoms with Crippen LogP contribution in [0.5, 0.6) is 0 Å². The van der Waals surface area contributed by atoms with Crippen LogP contribution in [0.1, 0.15) is 59.3 Å². The van der Waals surface area contributed by atoms with Gasteiger partial charge >= 0.3 is 0 Å². The Bertz CT molecular complexity index is 80.0. The van der Waals surface area contributed by atoms with Gasteiger partial charge in [0.2, 0.25) is 0 Å². The van der Waals surface area contributed by atoms with Crippen molar-refractivity contribution < 1.29 is 0 Å². The third kappa shape index (κ3) is 16.3. The van der Waals surface area contributed by atoms with Crippen LogP contribution in [0.4, 0.5) is 0 Å². The summed E-state index contributed by atoms with van der Waals surface area (Å²) in [6.45, 7) is 10.8. The Morgan fingerprint density at radius 3 is 1.00 bits per heavy atom. The fourth-order valence-electron chi connectivity index (χ4n) is 1.48. The first-order chi connectivity index (χ1) is 6.35. The fraction of sp³-hybridized carbons (Fsp3) is 1.00. The molecule has 0 heterocycles. The normalized spacial score (nSPS) is 9.00. The molecule has 104 valence electrons. The third-order valence-electron chi connectivity index (χ3n) is 2.48. The van der Waals surface area contributed by atoms with E-state index in [0.717, 1.165) is 0 Å². The van der Waals surface area contributed by atoms with Gasteiger partial charge in [-0.15, -0.1) is 0 Å². The smallest absolute Gasteiger partial charge is 0.00188 e. The van der Waals surface area contributed by atoms with Crippen LogP contribution >= 0.6 is 0 Å². The van der Waals surface area contributed by atoms with Gasteiger partial charge in [-0.05, 0) is 38.9 Å². The molecule has 0 aliphatic rings. The second kappa shape index (κ2) is 20.3. The summed E-state index contributed by atoms with van der Waals surface area (Å²) < 4.78 is 0. The van der Waals surface area contributed by atoms with E-state index in [1.54, 1.807) is 0 Å². The summed E-state index contributed by atoms with van der Waals surface area (Å²) in [6.07, 6.45) is 8.09. The highest BCUT2D eigenvalue weighted by atomic mass is 15.1. The van der Waals surface area contributed by atoms with Gasteiger partial charge in [0.05, 0.1) is 0 Å². The van der Waals surface area contributed by atoms with Gasteiger partial charge in [0.25, 0.3) is 0 Å². The van der Waals surface area contributed by atoms with Gasteiger partial charge in [-0.3, -0.25) is 0 Å². The second-order valence-electron chi connectivity index (χ2n) is 3.90. The lowest BCUT2D eigenvalue weighted by atomic mass is 10.2. The molecule has 0 aliphatic heterocycles. The van der Waals surface area contributed by atoms with E-state index in [0.29, 0.717) is 0 Å². The van der Waals surface area contributed by atoms with Crippen LogP contribution in [0.3, 0.4) is 0 Å². The van der Waals surface area contributed by atoms with Gasteiger partial charge in [0.15, 0.2) is 0 Å². The van der Waals surface area contributed by atoms with Crippen molar-refractivity contribution in [2.75, 3.05) is 19.6 Å². The molecular formula is C12H36N4. The zero-order valence-electron chi connectivity index (χ0n) is 11.9. The highest BCUT2D eigenvalue weighted by Gasteiger charge is 2.01. The largest absolute Gasteiger partial charge is 0.344 e. The van der Waals surface area contributed by atoms with Crippen molar-refractivity contribution in [3.8, 4) is 0 Å². The molecule has 0 saturated carbocycles. The molecule has 0 aromatic rings. The van der Waals surface area contributed by atoms with Crippen LogP contribution in [0.15, 0.2) is 0 Å². The van der Waals surface area contributed by atoms with E-state index in [4.69, 9.17) is 0 Å². The number of hydrogen-bond donors (Lipinski definition) is 3. The standard InChI is InChI=1S/C12H27N.3H3N/c1-4-7-10-13(11-8-5-2)12-9-6-3;;;/h4-12H2,1-3H3;3*1H3. The molecule has 0 aliphatic carbocycles. The molecule has 0 aromatic carbocycles. The van der Waals surface area contributed by atoms with Crippen molar-refractivity contribution >= 4 is 0 Å². The summed E-state index contributed by atoms with van der Waals surface area (Å²) in [7, 11) is 0. The van der Waals surface area contributed by atoms with E-state index in [-0.39, 0.29) is 18.5 Å². The van der Waals surface area contributed by atoms with Crippen molar-refractivity contribution in [3.05, 3.63) is 0 Å². The van der Waals surface area contributed by atoms with Crippen LogP contribution in [0.25, 0.3) is 0 Å². The molecule has 16 heavy (non-hydrogen) atoms. The molecule has 0 rings (SSSR count). The summed E-state index contributed by atoms with van der Waals surface area (Å²) in [5, 5.41) is 0. The van der Waals surface area contributed by atoms with Crippen molar-refractivity contribution in [1.82, 2.24) is 23.4 Å². The van der Waals surface area contributed by atoms with E-state index < -0.39 is 0 Å². The van der Waals surface area contributed by atoms with Crippen LogP contribution in [0.2, 0.25) is 0 Å². The lowest BCUT2D eigenvalue weighted by molar-refractivity contribution is 0.261. The van der Waals surface area contributed by atoms with Gasteiger partial charge in [-0.1, -0.05) is 40.0 Å². The Hall–Kier alpha value is -0.160. The molecule has 0 atom stereocenters. The first-order valence-corrected chi connectivity index (χ1v) is 6.07. The zero-order chi connectivity index (χ0) is 9.94. The van der Waals surface area contributed by atoms with E-state index in [9.17, 15) is 0 Å². The van der Waals surface area contributed by atoms with Crippen molar-refractivity contribution in [1.29, 1.82) is 0 Å². The average molecular weight is 236 g/mol. The molecule has 0 unspecified atom stereocenters. The minimum atomic E-state index is 0. The molecule has 4 nitrogen and oxygen atoms in total. The van der Waals surface area contributed by atoms with Crippen LogP contribution in [-0.2, 0) is 0 Å². The molecular weight excluding hydrogens is 200 g/mol. The van der Waals surface area contributed by atoms with Crippen LogP contribution in [0, 0.1) is 0 Å². The Morgan fingerprint density at radius 2 is 0.812 bits per heavy atom. The molecule has 0 radical (unpaired) electrons. The summed E-state index contributed by atoms with van der Waals surface area (Å²) in [4.78, 5) is 2.64. The van der Waals surface area contributed by atoms with Gasteiger partial charge in [-0.25, -0.2) is 0 Å². The third-order valence-corrected chi connectivity index (χ3v) is 2.48. The highest BCUT2D eigenvalue weighted by molar-refractivity contribution is 4.57. The Morgan fingerprint density at radius 1 is 0.562 bits per heavy atom. The van der Waals surface area contributed by atoms with Gasteiger partial charge < -0.3 is 23.4 Å². The summed E-state index contributed by atoms with van der Waals surface area (Å²) >= 11 is 0. The van der Waals surface area contributed by atoms with Crippen molar-refractivity contribution in [2.24, 2.45) is 0 Å². The predicted molar refractivity (Wildman–Crippen MR) is 76.2 cm³/mol. The predicted octanol–water partition coefficient (Wildman–Crippen LogP) is 4.17. The SMILES string of the molecule is CCCCN(CCCC)CCCC.N.N.N. The van der Waals surface area contributed by atoms with Gasteiger partial charge in [0.1, 0.15) is 0 Å². The highest BCUT2D eigenvalue weighted by Crippen LogP contribution is 2.01. The Labute approximate surface area is 103 Å². The first-order valence-electron chi connectivity index (χ1n) is 6.07. The maximum Gasteiger partial charge on any atom is -0.00188 e. The number of hydrogen-bond acceptors (Lipinski definition) is 4. The lowest BCUT2D eigenvalue weighted by Gasteiger charge is -2.21. The van der Waals surface area contributed by atoms with Crippen LogP contribution < -0.4 is 18.5 Å². The van der Waals surface area contributed by atoms with Gasteiger partial charge in [0, 0.05) is 0 Å². The summed E-state index contributed by atoms with van der Waals surface area (Å²) in [5.74, 6) is 0. The maximum atomic E-state index is 2.64. The van der Waals surface area contributed by atoms with E-state index in [2.05, 4.69) is 25.7 Å². The Kier molecular flexibility index (Phi) is 31.5. The number of rotatable bonds is 9. The number of unbranched alkanes of at least 4 members (excludes halogenated alkanes) is 3. The zero-order valence-corrected chi connectivity index (χ0v) is 11.9.